The Balaban J connectivity index is 2.35. The van der Waals surface area contributed by atoms with Gasteiger partial charge >= 0.3 is 0 Å². The Kier molecular flexibility index (Phi) is 5.78. The lowest BCUT2D eigenvalue weighted by molar-refractivity contribution is -0.0986. The minimum atomic E-state index is 0.443. The number of nitrogens with two attached hydrogens (primary N) is 1. The second-order valence-corrected chi connectivity index (χ2v) is 4.30. The van der Waals surface area contributed by atoms with Crippen LogP contribution in [-0.2, 0) is 12.3 Å². The first-order chi connectivity index (χ1) is 7.26. The van der Waals surface area contributed by atoms with E-state index in [9.17, 15) is 5.21 Å². The van der Waals surface area contributed by atoms with Gasteiger partial charge in [-0.3, -0.25) is 0 Å². The summed E-state index contributed by atoms with van der Waals surface area (Å²) in [6, 6.07) is 3.85. The summed E-state index contributed by atoms with van der Waals surface area (Å²) >= 11 is 1.75. The van der Waals surface area contributed by atoms with Gasteiger partial charge in [0.25, 0.3) is 0 Å². The van der Waals surface area contributed by atoms with Gasteiger partial charge in [-0.15, -0.1) is 0 Å². The predicted octanol–water partition coefficient (Wildman–Crippen LogP) is 1.68. The molecule has 5 heteroatoms. The maximum Gasteiger partial charge on any atom is 0.120 e. The van der Waals surface area contributed by atoms with Crippen LogP contribution in [0, 0.1) is 0 Å². The highest BCUT2D eigenvalue weighted by Gasteiger charge is 2.05. The van der Waals surface area contributed by atoms with Crippen LogP contribution in [0.1, 0.15) is 18.4 Å². The minimum Gasteiger partial charge on any atom is -0.464 e. The maximum absolute atomic E-state index is 9.29. The molecular formula is C10H18N2O2S. The average Bonchev–Trinajstić information content (AvgIpc) is 2.66. The van der Waals surface area contributed by atoms with Crippen LogP contribution in [0.4, 0.5) is 0 Å². The van der Waals surface area contributed by atoms with Crippen LogP contribution in [0.3, 0.4) is 0 Å². The van der Waals surface area contributed by atoms with E-state index >= 15 is 0 Å². The first-order valence-corrected chi connectivity index (χ1v) is 6.21. The summed E-state index contributed by atoms with van der Waals surface area (Å²) < 4.78 is 5.54. The lowest BCUT2D eigenvalue weighted by atomic mass is 10.4. The highest BCUT2D eigenvalue weighted by Crippen LogP contribution is 2.15. The lowest BCUT2D eigenvalue weighted by Crippen LogP contribution is -2.17. The summed E-state index contributed by atoms with van der Waals surface area (Å²) in [6.45, 7) is 3.62. The molecule has 0 amide bonds. The zero-order chi connectivity index (χ0) is 11.1. The number of hydrogen-bond donors (Lipinski definition) is 2. The van der Waals surface area contributed by atoms with Crippen LogP contribution in [0.15, 0.2) is 16.5 Å². The van der Waals surface area contributed by atoms with Crippen LogP contribution >= 0.6 is 11.8 Å². The van der Waals surface area contributed by atoms with E-state index in [0.29, 0.717) is 19.6 Å². The summed E-state index contributed by atoms with van der Waals surface area (Å²) in [4.78, 5) is 0. The van der Waals surface area contributed by atoms with Crippen LogP contribution in [0.25, 0.3) is 0 Å². The minimum absolute atomic E-state index is 0.443. The van der Waals surface area contributed by atoms with Gasteiger partial charge in [-0.05, 0) is 12.1 Å². The van der Waals surface area contributed by atoms with Crippen molar-refractivity contribution in [1.82, 2.24) is 5.06 Å². The number of furan rings is 1. The van der Waals surface area contributed by atoms with Gasteiger partial charge in [-0.1, -0.05) is 6.92 Å². The van der Waals surface area contributed by atoms with E-state index in [1.165, 1.54) is 5.06 Å². The van der Waals surface area contributed by atoms with Crippen molar-refractivity contribution in [3.05, 3.63) is 23.7 Å². The van der Waals surface area contributed by atoms with Crippen LogP contribution in [0.2, 0.25) is 0 Å². The molecule has 0 bridgehead atoms. The Hall–Kier alpha value is -0.490. The molecule has 0 spiro atoms. The van der Waals surface area contributed by atoms with Crippen molar-refractivity contribution in [2.24, 2.45) is 5.73 Å². The van der Waals surface area contributed by atoms with Crippen molar-refractivity contribution in [3.8, 4) is 0 Å². The molecule has 0 unspecified atom stereocenters. The van der Waals surface area contributed by atoms with E-state index in [1.807, 2.05) is 19.1 Å². The molecule has 1 heterocycles. The molecule has 0 aliphatic heterocycles. The number of hydroxylamine groups is 2. The fourth-order valence-electron chi connectivity index (χ4n) is 1.13. The van der Waals surface area contributed by atoms with Gasteiger partial charge < -0.3 is 15.4 Å². The normalized spacial score (nSPS) is 11.2. The van der Waals surface area contributed by atoms with Gasteiger partial charge in [-0.2, -0.15) is 16.8 Å². The third kappa shape index (κ3) is 4.70. The first-order valence-electron chi connectivity index (χ1n) is 5.05. The van der Waals surface area contributed by atoms with Gasteiger partial charge in [0.15, 0.2) is 0 Å². The van der Waals surface area contributed by atoms with Gasteiger partial charge in [0.1, 0.15) is 11.5 Å². The Morgan fingerprint density at radius 3 is 2.87 bits per heavy atom. The van der Waals surface area contributed by atoms with Crippen LogP contribution < -0.4 is 5.73 Å². The maximum atomic E-state index is 9.29. The van der Waals surface area contributed by atoms with Crippen molar-refractivity contribution in [2.75, 3.05) is 18.8 Å². The van der Waals surface area contributed by atoms with Crippen molar-refractivity contribution in [1.29, 1.82) is 0 Å². The van der Waals surface area contributed by atoms with E-state index in [2.05, 4.69) is 0 Å². The largest absolute Gasteiger partial charge is 0.464 e. The number of thioether (sulfide) groups is 1. The summed E-state index contributed by atoms with van der Waals surface area (Å²) in [5, 5.41) is 10.5. The molecule has 0 aromatic carbocycles. The summed E-state index contributed by atoms with van der Waals surface area (Å²) in [6.07, 6.45) is 0. The van der Waals surface area contributed by atoms with E-state index < -0.39 is 0 Å². The number of rotatable bonds is 7. The van der Waals surface area contributed by atoms with Gasteiger partial charge in [-0.25, -0.2) is 0 Å². The van der Waals surface area contributed by atoms with Gasteiger partial charge in [0, 0.05) is 18.8 Å². The van der Waals surface area contributed by atoms with Crippen molar-refractivity contribution in [2.45, 2.75) is 19.2 Å². The van der Waals surface area contributed by atoms with E-state index in [0.717, 1.165) is 23.0 Å². The highest BCUT2D eigenvalue weighted by molar-refractivity contribution is 7.98. The summed E-state index contributed by atoms with van der Waals surface area (Å²) in [7, 11) is 0. The molecule has 0 saturated heterocycles. The monoisotopic (exact) mass is 230 g/mol. The smallest absolute Gasteiger partial charge is 0.120 e. The van der Waals surface area contributed by atoms with E-state index in [-0.39, 0.29) is 0 Å². The molecule has 0 aliphatic carbocycles. The summed E-state index contributed by atoms with van der Waals surface area (Å²) in [5.41, 5.74) is 5.39. The van der Waals surface area contributed by atoms with Gasteiger partial charge in [0.2, 0.25) is 0 Å². The summed E-state index contributed by atoms with van der Waals surface area (Å²) in [5.74, 6) is 3.52. The lowest BCUT2D eigenvalue weighted by Gasteiger charge is -2.08. The van der Waals surface area contributed by atoms with E-state index in [4.69, 9.17) is 10.2 Å². The van der Waals surface area contributed by atoms with Crippen LogP contribution in [0.5, 0.6) is 0 Å². The number of hydrogen-bond acceptors (Lipinski definition) is 5. The molecule has 86 valence electrons. The van der Waals surface area contributed by atoms with Crippen molar-refractivity contribution < 1.29 is 9.62 Å². The quantitative estimate of drug-likeness (QED) is 0.551. The van der Waals surface area contributed by atoms with Crippen molar-refractivity contribution >= 4 is 11.8 Å². The SMILES string of the molecule is CCN(O)Cc1ccc(CSCCN)o1. The molecule has 1 aromatic heterocycles. The van der Waals surface area contributed by atoms with E-state index in [1.54, 1.807) is 11.8 Å². The Morgan fingerprint density at radius 2 is 2.20 bits per heavy atom. The first kappa shape index (κ1) is 12.6. The molecular weight excluding hydrogens is 212 g/mol. The fourth-order valence-corrected chi connectivity index (χ4v) is 1.80. The van der Waals surface area contributed by atoms with Crippen molar-refractivity contribution in [3.63, 3.8) is 0 Å². The second-order valence-electron chi connectivity index (χ2n) is 3.19. The fraction of sp³-hybridized carbons (Fsp3) is 0.600. The van der Waals surface area contributed by atoms with Crippen LogP contribution in [-0.4, -0.2) is 29.1 Å². The Labute approximate surface area is 94.4 Å². The standard InChI is InChI=1S/C10H18N2O2S/c1-2-12(13)7-9-3-4-10(14-9)8-15-6-5-11/h3-4,13H,2,5-8,11H2,1H3. The predicted molar refractivity (Wildman–Crippen MR) is 61.8 cm³/mol. The van der Waals surface area contributed by atoms with Gasteiger partial charge in [0.05, 0.1) is 12.3 Å². The zero-order valence-corrected chi connectivity index (χ0v) is 9.80. The molecule has 3 N–H and O–H groups in total. The average molecular weight is 230 g/mol. The molecule has 0 atom stereocenters. The molecule has 1 rings (SSSR count). The molecule has 0 fully saturated rings. The highest BCUT2D eigenvalue weighted by atomic mass is 32.2. The molecule has 1 aromatic rings. The second kappa shape index (κ2) is 6.90. The molecule has 0 aliphatic rings. The topological polar surface area (TPSA) is 62.6 Å². The Morgan fingerprint density at radius 1 is 1.47 bits per heavy atom. The third-order valence-electron chi connectivity index (χ3n) is 1.93. The third-order valence-corrected chi connectivity index (χ3v) is 2.94. The molecule has 0 radical (unpaired) electrons. The molecule has 0 saturated carbocycles. The molecule has 4 nitrogen and oxygen atoms in total. The number of nitrogens with zero attached hydrogens (tertiary/aromatic N) is 1. The Bertz CT molecular complexity index is 278. The zero-order valence-electron chi connectivity index (χ0n) is 8.98. The molecule has 15 heavy (non-hydrogen) atoms.